The lowest BCUT2D eigenvalue weighted by Crippen LogP contribution is -2.53. The van der Waals surface area contributed by atoms with E-state index in [9.17, 15) is 8.78 Å². The van der Waals surface area contributed by atoms with Gasteiger partial charge in [0.1, 0.15) is 0 Å². The number of ether oxygens (including phenoxy) is 1. The number of nitrogens with one attached hydrogen (secondary N) is 2. The average molecular weight is 416 g/mol. The second-order valence-corrected chi connectivity index (χ2v) is 8.30. The van der Waals surface area contributed by atoms with Gasteiger partial charge in [0.25, 0.3) is 0 Å². The van der Waals surface area contributed by atoms with E-state index in [1.54, 1.807) is 6.07 Å². The summed E-state index contributed by atoms with van der Waals surface area (Å²) in [6, 6.07) is 5.87. The first-order chi connectivity index (χ1) is 13.2. The summed E-state index contributed by atoms with van der Waals surface area (Å²) in [4.78, 5) is 2.34. The zero-order valence-electron chi connectivity index (χ0n) is 16.3. The Hall–Kier alpha value is -0.790. The molecule has 3 atom stereocenters. The van der Waals surface area contributed by atoms with Crippen molar-refractivity contribution in [2.75, 3.05) is 32.8 Å². The van der Waals surface area contributed by atoms with Crippen LogP contribution in [0.25, 0.3) is 0 Å². The number of piperidine rings is 1. The number of hydrogen-bond donors (Lipinski definition) is 2. The van der Waals surface area contributed by atoms with Crippen LogP contribution in [0.5, 0.6) is 0 Å². The van der Waals surface area contributed by atoms with E-state index in [0.29, 0.717) is 30.6 Å². The minimum atomic E-state index is -0.773. The summed E-state index contributed by atoms with van der Waals surface area (Å²) in [6.45, 7) is 5.33. The van der Waals surface area contributed by atoms with Gasteiger partial charge in [0.15, 0.2) is 11.6 Å². The molecule has 2 N–H and O–H groups in total. The van der Waals surface area contributed by atoms with Crippen molar-refractivity contribution >= 4 is 12.4 Å². The van der Waals surface area contributed by atoms with Gasteiger partial charge < -0.3 is 15.4 Å². The topological polar surface area (TPSA) is 36.5 Å². The fourth-order valence-electron chi connectivity index (χ4n) is 4.99. The van der Waals surface area contributed by atoms with Gasteiger partial charge in [-0.3, -0.25) is 4.90 Å². The molecule has 0 radical (unpaired) electrons. The van der Waals surface area contributed by atoms with E-state index in [4.69, 9.17) is 4.74 Å². The third-order valence-electron chi connectivity index (χ3n) is 6.46. The highest BCUT2D eigenvalue weighted by atomic mass is 35.5. The van der Waals surface area contributed by atoms with Crippen LogP contribution in [0.2, 0.25) is 0 Å². The molecule has 4 nitrogen and oxygen atoms in total. The standard InChI is InChI=1S/C21H31F2N3O.ClH/c22-18-5-4-15(12-19(18)23)13-26-9-6-16(7-10-26)25-20-3-1-2-17(20)21-14-27-11-8-24-21;/h4-5,12,16-17,20-21,24-25H,1-3,6-11,13-14H2;1H. The molecule has 0 amide bonds. The van der Waals surface area contributed by atoms with Crippen LogP contribution in [-0.4, -0.2) is 55.9 Å². The van der Waals surface area contributed by atoms with E-state index in [1.807, 2.05) is 0 Å². The molecule has 4 rings (SSSR count). The Morgan fingerprint density at radius 3 is 2.64 bits per heavy atom. The van der Waals surface area contributed by atoms with E-state index in [2.05, 4.69) is 15.5 Å². The lowest BCUT2D eigenvalue weighted by Gasteiger charge is -2.37. The molecule has 3 unspecified atom stereocenters. The number of nitrogens with zero attached hydrogens (tertiary/aromatic N) is 1. The monoisotopic (exact) mass is 415 g/mol. The zero-order chi connectivity index (χ0) is 18.6. The van der Waals surface area contributed by atoms with Crippen molar-refractivity contribution in [3.8, 4) is 0 Å². The summed E-state index contributed by atoms with van der Waals surface area (Å²) in [7, 11) is 0. The van der Waals surface area contributed by atoms with Gasteiger partial charge in [-0.1, -0.05) is 12.5 Å². The van der Waals surface area contributed by atoms with E-state index in [-0.39, 0.29) is 12.4 Å². The van der Waals surface area contributed by atoms with Crippen molar-refractivity contribution in [1.29, 1.82) is 0 Å². The smallest absolute Gasteiger partial charge is 0.159 e. The number of likely N-dealkylation sites (tertiary alicyclic amines) is 1. The highest BCUT2D eigenvalue weighted by molar-refractivity contribution is 5.85. The molecular formula is C21H32ClF2N3O. The first-order valence-electron chi connectivity index (χ1n) is 10.4. The quantitative estimate of drug-likeness (QED) is 0.774. The fraction of sp³-hybridized carbons (Fsp3) is 0.714. The number of benzene rings is 1. The first-order valence-corrected chi connectivity index (χ1v) is 10.4. The van der Waals surface area contributed by atoms with Crippen LogP contribution in [0.1, 0.15) is 37.7 Å². The SMILES string of the molecule is Cl.Fc1ccc(CN2CCC(NC3CCCC3C3COCCN3)CC2)cc1F. The Morgan fingerprint density at radius 2 is 1.93 bits per heavy atom. The van der Waals surface area contributed by atoms with Crippen molar-refractivity contribution in [3.05, 3.63) is 35.4 Å². The zero-order valence-corrected chi connectivity index (χ0v) is 17.2. The van der Waals surface area contributed by atoms with E-state index in [1.165, 1.54) is 31.4 Å². The van der Waals surface area contributed by atoms with Crippen molar-refractivity contribution in [3.63, 3.8) is 0 Å². The summed E-state index contributed by atoms with van der Waals surface area (Å²) in [5.74, 6) is -0.854. The molecule has 0 aromatic heterocycles. The predicted octanol–water partition coefficient (Wildman–Crippen LogP) is 3.10. The second-order valence-electron chi connectivity index (χ2n) is 8.30. The maximum absolute atomic E-state index is 13.4. The molecule has 1 saturated carbocycles. The lowest BCUT2D eigenvalue weighted by atomic mass is 9.92. The van der Waals surface area contributed by atoms with Crippen LogP contribution in [0.4, 0.5) is 8.78 Å². The molecule has 2 heterocycles. The summed E-state index contributed by atoms with van der Waals surface area (Å²) in [5, 5.41) is 7.57. The van der Waals surface area contributed by atoms with Gasteiger partial charge in [-0.2, -0.15) is 0 Å². The Balaban J connectivity index is 0.00000225. The fourth-order valence-corrected chi connectivity index (χ4v) is 4.99. The molecule has 0 spiro atoms. The summed E-state index contributed by atoms with van der Waals surface area (Å²) in [6.07, 6.45) is 6.07. The van der Waals surface area contributed by atoms with Crippen LogP contribution in [-0.2, 0) is 11.3 Å². The molecule has 158 valence electrons. The van der Waals surface area contributed by atoms with Gasteiger partial charge in [0, 0.05) is 31.2 Å². The highest BCUT2D eigenvalue weighted by Crippen LogP contribution is 2.30. The Kier molecular flexibility index (Phi) is 8.06. The molecule has 1 aromatic rings. The maximum Gasteiger partial charge on any atom is 0.159 e. The van der Waals surface area contributed by atoms with Crippen LogP contribution in [0.15, 0.2) is 18.2 Å². The molecule has 2 saturated heterocycles. The minimum Gasteiger partial charge on any atom is -0.379 e. The second kappa shape index (κ2) is 10.3. The van der Waals surface area contributed by atoms with Gasteiger partial charge in [0.2, 0.25) is 0 Å². The largest absolute Gasteiger partial charge is 0.379 e. The van der Waals surface area contributed by atoms with Gasteiger partial charge >= 0.3 is 0 Å². The lowest BCUT2D eigenvalue weighted by molar-refractivity contribution is 0.0505. The number of rotatable bonds is 5. The molecule has 7 heteroatoms. The normalized spacial score (nSPS) is 29.6. The maximum atomic E-state index is 13.4. The number of hydrogen-bond acceptors (Lipinski definition) is 4. The Morgan fingerprint density at radius 1 is 1.11 bits per heavy atom. The molecule has 3 aliphatic rings. The predicted molar refractivity (Wildman–Crippen MR) is 109 cm³/mol. The molecule has 1 aliphatic carbocycles. The molecule has 2 aliphatic heterocycles. The Bertz CT molecular complexity index is 622. The summed E-state index contributed by atoms with van der Waals surface area (Å²) in [5.41, 5.74) is 0.847. The van der Waals surface area contributed by atoms with Crippen LogP contribution in [0, 0.1) is 17.6 Å². The van der Waals surface area contributed by atoms with Gasteiger partial charge in [-0.15, -0.1) is 12.4 Å². The number of morpholine rings is 1. The van der Waals surface area contributed by atoms with Crippen molar-refractivity contribution in [1.82, 2.24) is 15.5 Å². The van der Waals surface area contributed by atoms with E-state index in [0.717, 1.165) is 51.3 Å². The first kappa shape index (κ1) is 21.9. The molecule has 0 bridgehead atoms. The molecular weight excluding hydrogens is 384 g/mol. The molecule has 3 fully saturated rings. The minimum absolute atomic E-state index is 0. The van der Waals surface area contributed by atoms with Gasteiger partial charge in [-0.25, -0.2) is 8.78 Å². The van der Waals surface area contributed by atoms with E-state index >= 15 is 0 Å². The van der Waals surface area contributed by atoms with E-state index < -0.39 is 11.6 Å². The average Bonchev–Trinajstić information content (AvgIpc) is 3.15. The highest BCUT2D eigenvalue weighted by Gasteiger charge is 2.36. The van der Waals surface area contributed by atoms with Crippen molar-refractivity contribution in [2.24, 2.45) is 5.92 Å². The van der Waals surface area contributed by atoms with Crippen LogP contribution < -0.4 is 10.6 Å². The third kappa shape index (κ3) is 5.42. The molecule has 1 aromatic carbocycles. The Labute approximate surface area is 172 Å². The van der Waals surface area contributed by atoms with Crippen molar-refractivity contribution < 1.29 is 13.5 Å². The van der Waals surface area contributed by atoms with Gasteiger partial charge in [0.05, 0.1) is 13.2 Å². The molecule has 28 heavy (non-hydrogen) atoms. The van der Waals surface area contributed by atoms with Gasteiger partial charge in [-0.05, 0) is 62.4 Å². The summed E-state index contributed by atoms with van der Waals surface area (Å²) >= 11 is 0. The van der Waals surface area contributed by atoms with Crippen LogP contribution in [0.3, 0.4) is 0 Å². The number of halogens is 3. The third-order valence-corrected chi connectivity index (χ3v) is 6.46. The van der Waals surface area contributed by atoms with Crippen LogP contribution >= 0.6 is 12.4 Å². The van der Waals surface area contributed by atoms with Crippen molar-refractivity contribution in [2.45, 2.75) is 56.8 Å². The summed E-state index contributed by atoms with van der Waals surface area (Å²) < 4.78 is 32.1.